The molecule has 10 heteroatoms. The number of hydrogen-bond donors (Lipinski definition) is 0. The summed E-state index contributed by atoms with van der Waals surface area (Å²) in [7, 11) is 1.63. The predicted octanol–water partition coefficient (Wildman–Crippen LogP) is 4.44. The van der Waals surface area contributed by atoms with Crippen LogP contribution in [0, 0.1) is 0 Å². The number of rotatable bonds is 8. The van der Waals surface area contributed by atoms with Gasteiger partial charge in [0, 0.05) is 43.3 Å². The van der Waals surface area contributed by atoms with Gasteiger partial charge in [0.2, 0.25) is 5.91 Å². The lowest BCUT2D eigenvalue weighted by molar-refractivity contribution is -0.132. The Bertz CT molecular complexity index is 1260. The number of aromatic nitrogens is 2. The van der Waals surface area contributed by atoms with Crippen LogP contribution in [-0.2, 0) is 4.79 Å². The Kier molecular flexibility index (Phi) is 8.63. The summed E-state index contributed by atoms with van der Waals surface area (Å²) in [6.45, 7) is 6.11. The molecule has 2 aromatic carbocycles. The molecule has 0 aliphatic carbocycles. The number of ether oxygens (including phenoxy) is 1. The van der Waals surface area contributed by atoms with Crippen molar-refractivity contribution < 1.29 is 14.3 Å². The summed E-state index contributed by atoms with van der Waals surface area (Å²) in [4.78, 5) is 31.3. The Balaban J connectivity index is 1.34. The highest BCUT2D eigenvalue weighted by Crippen LogP contribution is 2.24. The zero-order valence-corrected chi connectivity index (χ0v) is 22.0. The molecule has 2 amide bonds. The fourth-order valence-electron chi connectivity index (χ4n) is 4.07. The molecule has 0 bridgehead atoms. The quantitative estimate of drug-likeness (QED) is 0.394. The van der Waals surface area contributed by atoms with Crippen molar-refractivity contribution in [2.45, 2.75) is 0 Å². The smallest absolute Gasteiger partial charge is 0.256 e. The minimum atomic E-state index is -0.347. The van der Waals surface area contributed by atoms with Gasteiger partial charge in [0.25, 0.3) is 5.91 Å². The number of carbonyl (C=O) groups is 2. The maximum Gasteiger partial charge on any atom is 0.256 e. The fourth-order valence-corrected chi connectivity index (χ4v) is 4.56. The summed E-state index contributed by atoms with van der Waals surface area (Å²) in [5, 5.41) is 9.44. The van der Waals surface area contributed by atoms with Crippen LogP contribution in [0.1, 0.15) is 10.4 Å². The number of anilines is 1. The minimum Gasteiger partial charge on any atom is -0.497 e. The van der Waals surface area contributed by atoms with E-state index in [4.69, 9.17) is 27.9 Å². The second kappa shape index (κ2) is 12.1. The highest BCUT2D eigenvalue weighted by atomic mass is 35.5. The molecule has 192 valence electrons. The molecule has 4 rings (SSSR count). The summed E-state index contributed by atoms with van der Waals surface area (Å²) >= 11 is 12.2. The molecular weight excluding hydrogens is 513 g/mol. The van der Waals surface area contributed by atoms with Crippen LogP contribution in [0.2, 0.25) is 10.0 Å². The third kappa shape index (κ3) is 6.39. The van der Waals surface area contributed by atoms with Gasteiger partial charge in [-0.1, -0.05) is 29.3 Å². The Labute approximate surface area is 226 Å². The van der Waals surface area contributed by atoms with E-state index in [9.17, 15) is 9.59 Å². The maximum atomic E-state index is 13.0. The highest BCUT2D eigenvalue weighted by Gasteiger charge is 2.26. The molecule has 1 aliphatic rings. The van der Waals surface area contributed by atoms with Crippen molar-refractivity contribution in [2.75, 3.05) is 51.3 Å². The van der Waals surface area contributed by atoms with Crippen molar-refractivity contribution in [1.29, 1.82) is 0 Å². The van der Waals surface area contributed by atoms with E-state index in [-0.39, 0.29) is 29.9 Å². The number of piperazine rings is 1. The van der Waals surface area contributed by atoms with E-state index in [1.807, 2.05) is 36.4 Å². The lowest BCUT2D eigenvalue weighted by Crippen LogP contribution is -2.52. The standard InChI is InChI=1S/C27H27Cl2N5O3/c1-3-12-34(27(36)22-9-6-20(28)17-23(22)29)18-26(35)33-15-13-32(14-16-33)25-11-10-24(30-31-25)19-4-7-21(37-2)8-5-19/h3-11,17H,1,12-16,18H2,2H3. The van der Waals surface area contributed by atoms with E-state index in [0.29, 0.717) is 36.8 Å². The third-order valence-corrected chi connectivity index (χ3v) is 6.66. The average Bonchev–Trinajstić information content (AvgIpc) is 2.92. The molecule has 0 radical (unpaired) electrons. The van der Waals surface area contributed by atoms with E-state index in [1.165, 1.54) is 11.0 Å². The van der Waals surface area contributed by atoms with Crippen LogP contribution in [-0.4, -0.2) is 78.2 Å². The molecule has 37 heavy (non-hydrogen) atoms. The molecule has 1 fully saturated rings. The van der Waals surface area contributed by atoms with E-state index >= 15 is 0 Å². The zero-order chi connectivity index (χ0) is 26.4. The second-order valence-corrected chi connectivity index (χ2v) is 9.32. The normalized spacial score (nSPS) is 13.3. The average molecular weight is 540 g/mol. The largest absolute Gasteiger partial charge is 0.497 e. The first kappa shape index (κ1) is 26.4. The van der Waals surface area contributed by atoms with Crippen molar-refractivity contribution in [3.63, 3.8) is 0 Å². The van der Waals surface area contributed by atoms with Crippen molar-refractivity contribution in [2.24, 2.45) is 0 Å². The molecule has 1 aromatic heterocycles. The summed E-state index contributed by atoms with van der Waals surface area (Å²) in [5.41, 5.74) is 2.02. The maximum absolute atomic E-state index is 13.0. The summed E-state index contributed by atoms with van der Waals surface area (Å²) in [5.74, 6) is 1.05. The summed E-state index contributed by atoms with van der Waals surface area (Å²) < 4.78 is 5.20. The van der Waals surface area contributed by atoms with Gasteiger partial charge >= 0.3 is 0 Å². The van der Waals surface area contributed by atoms with Gasteiger partial charge in [0.05, 0.1) is 23.4 Å². The van der Waals surface area contributed by atoms with Crippen LogP contribution in [0.3, 0.4) is 0 Å². The minimum absolute atomic E-state index is 0.0693. The third-order valence-electron chi connectivity index (χ3n) is 6.12. The number of benzene rings is 2. The zero-order valence-electron chi connectivity index (χ0n) is 20.4. The van der Waals surface area contributed by atoms with E-state index in [0.717, 1.165) is 22.8 Å². The fraction of sp³-hybridized carbons (Fsp3) is 0.259. The predicted molar refractivity (Wildman–Crippen MR) is 145 cm³/mol. The molecule has 0 saturated carbocycles. The van der Waals surface area contributed by atoms with Gasteiger partial charge in [0.1, 0.15) is 12.3 Å². The van der Waals surface area contributed by atoms with E-state index in [2.05, 4.69) is 21.7 Å². The van der Waals surface area contributed by atoms with Crippen molar-refractivity contribution in [3.8, 4) is 17.0 Å². The van der Waals surface area contributed by atoms with Gasteiger partial charge in [0.15, 0.2) is 5.82 Å². The number of hydrogen-bond acceptors (Lipinski definition) is 6. The summed E-state index contributed by atoms with van der Waals surface area (Å²) in [6, 6.07) is 16.2. The van der Waals surface area contributed by atoms with Crippen molar-refractivity contribution in [1.82, 2.24) is 20.0 Å². The van der Waals surface area contributed by atoms with Gasteiger partial charge in [-0.3, -0.25) is 9.59 Å². The van der Waals surface area contributed by atoms with Gasteiger partial charge in [-0.05, 0) is 54.6 Å². The van der Waals surface area contributed by atoms with Gasteiger partial charge in [-0.15, -0.1) is 16.8 Å². The molecule has 1 saturated heterocycles. The number of halogens is 2. The van der Waals surface area contributed by atoms with Gasteiger partial charge in [-0.2, -0.15) is 0 Å². The number of carbonyl (C=O) groups excluding carboxylic acids is 2. The SMILES string of the molecule is C=CCN(CC(=O)N1CCN(c2ccc(-c3ccc(OC)cc3)nn2)CC1)C(=O)c1ccc(Cl)cc1Cl. The molecule has 0 unspecified atom stereocenters. The van der Waals surface area contributed by atoms with E-state index in [1.54, 1.807) is 30.2 Å². The van der Waals surface area contributed by atoms with Crippen LogP contribution in [0.25, 0.3) is 11.3 Å². The Hall–Kier alpha value is -3.62. The Morgan fingerprint density at radius 3 is 2.35 bits per heavy atom. The van der Waals surface area contributed by atoms with Crippen molar-refractivity contribution >= 4 is 40.8 Å². The Morgan fingerprint density at radius 2 is 1.76 bits per heavy atom. The number of amides is 2. The van der Waals surface area contributed by atoms with Crippen LogP contribution in [0.4, 0.5) is 5.82 Å². The molecule has 8 nitrogen and oxygen atoms in total. The summed E-state index contributed by atoms with van der Waals surface area (Å²) in [6.07, 6.45) is 1.58. The molecule has 3 aromatic rings. The molecular formula is C27H27Cl2N5O3. The second-order valence-electron chi connectivity index (χ2n) is 8.47. The Morgan fingerprint density at radius 1 is 1.03 bits per heavy atom. The molecule has 1 aliphatic heterocycles. The lowest BCUT2D eigenvalue weighted by atomic mass is 10.1. The molecule has 2 heterocycles. The van der Waals surface area contributed by atoms with E-state index < -0.39 is 0 Å². The first-order valence-electron chi connectivity index (χ1n) is 11.8. The van der Waals surface area contributed by atoms with Crippen LogP contribution >= 0.6 is 23.2 Å². The first-order valence-corrected chi connectivity index (χ1v) is 12.5. The van der Waals surface area contributed by atoms with Gasteiger partial charge in [-0.25, -0.2) is 0 Å². The van der Waals surface area contributed by atoms with Crippen LogP contribution in [0.15, 0.2) is 67.3 Å². The molecule has 0 N–H and O–H groups in total. The van der Waals surface area contributed by atoms with Gasteiger partial charge < -0.3 is 19.4 Å². The monoisotopic (exact) mass is 539 g/mol. The topological polar surface area (TPSA) is 78.9 Å². The van der Waals surface area contributed by atoms with Crippen molar-refractivity contribution in [3.05, 3.63) is 82.9 Å². The highest BCUT2D eigenvalue weighted by molar-refractivity contribution is 6.36. The van der Waals surface area contributed by atoms with Crippen LogP contribution < -0.4 is 9.64 Å². The molecule has 0 atom stereocenters. The number of nitrogens with zero attached hydrogens (tertiary/aromatic N) is 5. The number of methoxy groups -OCH3 is 1. The first-order chi connectivity index (χ1) is 17.9. The lowest BCUT2D eigenvalue weighted by Gasteiger charge is -2.36. The molecule has 0 spiro atoms. The van der Waals surface area contributed by atoms with Crippen LogP contribution in [0.5, 0.6) is 5.75 Å².